The molecule has 0 bridgehead atoms. The van der Waals surface area contributed by atoms with Crippen LogP contribution in [0.2, 0.25) is 0 Å². The lowest BCUT2D eigenvalue weighted by Crippen LogP contribution is -2.08. The maximum atomic E-state index is 13.5. The number of halogens is 1. The minimum atomic E-state index is -0.427. The van der Waals surface area contributed by atoms with Gasteiger partial charge in [0, 0.05) is 5.39 Å². The van der Waals surface area contributed by atoms with Gasteiger partial charge in [0.2, 0.25) is 0 Å². The molecule has 3 nitrogen and oxygen atoms in total. The molecule has 0 saturated carbocycles. The second-order valence-corrected chi connectivity index (χ2v) is 3.65. The van der Waals surface area contributed by atoms with Crippen LogP contribution in [0.15, 0.2) is 24.3 Å². The Morgan fingerprint density at radius 2 is 2.24 bits per heavy atom. The summed E-state index contributed by atoms with van der Waals surface area (Å²) < 4.78 is 18.4. The van der Waals surface area contributed by atoms with Crippen LogP contribution in [0.3, 0.4) is 0 Å². The number of carbonyl (C=O) groups excluding carboxylic acids is 1. The molecule has 0 radical (unpaired) electrons. The molecule has 0 aliphatic rings. The van der Waals surface area contributed by atoms with Gasteiger partial charge in [0.15, 0.2) is 0 Å². The van der Waals surface area contributed by atoms with Crippen LogP contribution in [-0.4, -0.2) is 17.6 Å². The zero-order chi connectivity index (χ0) is 12.4. The van der Waals surface area contributed by atoms with Crippen molar-refractivity contribution in [1.29, 1.82) is 0 Å². The molecule has 2 rings (SSSR count). The predicted molar refractivity (Wildman–Crippen MR) is 62.4 cm³/mol. The number of hydrogen-bond donors (Lipinski definition) is 0. The van der Waals surface area contributed by atoms with E-state index in [9.17, 15) is 9.18 Å². The first kappa shape index (κ1) is 11.5. The second kappa shape index (κ2) is 4.49. The molecular formula is C13H12FNO2. The van der Waals surface area contributed by atoms with Crippen molar-refractivity contribution in [2.24, 2.45) is 0 Å². The maximum Gasteiger partial charge on any atom is 0.339 e. The van der Waals surface area contributed by atoms with Crippen LogP contribution >= 0.6 is 0 Å². The molecule has 4 heteroatoms. The van der Waals surface area contributed by atoms with Crippen molar-refractivity contribution in [3.05, 3.63) is 41.3 Å². The summed E-state index contributed by atoms with van der Waals surface area (Å²) in [6, 6.07) is 6.26. The van der Waals surface area contributed by atoms with E-state index >= 15 is 0 Å². The van der Waals surface area contributed by atoms with Crippen LogP contribution in [0.25, 0.3) is 10.9 Å². The standard InChI is InChI=1S/C13H12FNO2/c1-3-17-13(16)10-7-9-5-4-6-11(14)12(9)15-8(10)2/h4-7H,3H2,1-2H3. The molecule has 1 aromatic carbocycles. The molecule has 0 spiro atoms. The second-order valence-electron chi connectivity index (χ2n) is 3.65. The lowest BCUT2D eigenvalue weighted by atomic mass is 10.1. The molecular weight excluding hydrogens is 221 g/mol. The number of pyridine rings is 1. The van der Waals surface area contributed by atoms with E-state index in [1.807, 2.05) is 0 Å². The first-order valence-corrected chi connectivity index (χ1v) is 5.36. The third-order valence-electron chi connectivity index (χ3n) is 2.48. The normalized spacial score (nSPS) is 10.5. The van der Waals surface area contributed by atoms with Gasteiger partial charge in [-0.25, -0.2) is 14.2 Å². The number of esters is 1. The van der Waals surface area contributed by atoms with E-state index in [-0.39, 0.29) is 11.3 Å². The van der Waals surface area contributed by atoms with Crippen molar-refractivity contribution in [1.82, 2.24) is 4.98 Å². The van der Waals surface area contributed by atoms with Gasteiger partial charge in [0.25, 0.3) is 0 Å². The number of para-hydroxylation sites is 1. The van der Waals surface area contributed by atoms with Crippen LogP contribution in [0.4, 0.5) is 4.39 Å². The van der Waals surface area contributed by atoms with Gasteiger partial charge >= 0.3 is 5.97 Å². The first-order valence-electron chi connectivity index (χ1n) is 5.36. The Morgan fingerprint density at radius 1 is 1.47 bits per heavy atom. The Labute approximate surface area is 98.2 Å². The minimum absolute atomic E-state index is 0.276. The van der Waals surface area contributed by atoms with Gasteiger partial charge in [0.1, 0.15) is 11.3 Å². The van der Waals surface area contributed by atoms with Crippen LogP contribution in [0, 0.1) is 12.7 Å². The number of ether oxygens (including phenoxy) is 1. The van der Waals surface area contributed by atoms with Gasteiger partial charge in [-0.15, -0.1) is 0 Å². The van der Waals surface area contributed by atoms with E-state index in [4.69, 9.17) is 4.74 Å². The molecule has 0 aliphatic heterocycles. The van der Waals surface area contributed by atoms with Crippen molar-refractivity contribution >= 4 is 16.9 Å². The highest BCUT2D eigenvalue weighted by Crippen LogP contribution is 2.19. The fraction of sp³-hybridized carbons (Fsp3) is 0.231. The molecule has 0 fully saturated rings. The van der Waals surface area contributed by atoms with E-state index in [0.29, 0.717) is 23.3 Å². The monoisotopic (exact) mass is 233 g/mol. The molecule has 1 aromatic heterocycles. The lowest BCUT2D eigenvalue weighted by molar-refractivity contribution is 0.0525. The summed E-state index contributed by atoms with van der Waals surface area (Å²) in [5.41, 5.74) is 1.13. The van der Waals surface area contributed by atoms with Gasteiger partial charge in [-0.2, -0.15) is 0 Å². The third kappa shape index (κ3) is 2.11. The van der Waals surface area contributed by atoms with Crippen LogP contribution < -0.4 is 0 Å². The van der Waals surface area contributed by atoms with Crippen LogP contribution in [-0.2, 0) is 4.74 Å². The van der Waals surface area contributed by atoms with E-state index in [1.54, 1.807) is 32.0 Å². The van der Waals surface area contributed by atoms with Crippen molar-refractivity contribution in [2.45, 2.75) is 13.8 Å². The largest absolute Gasteiger partial charge is 0.462 e. The molecule has 1 heterocycles. The number of fused-ring (bicyclic) bond motifs is 1. The average molecular weight is 233 g/mol. The highest BCUT2D eigenvalue weighted by molar-refractivity contribution is 5.95. The van der Waals surface area contributed by atoms with E-state index in [0.717, 1.165) is 0 Å². The topological polar surface area (TPSA) is 39.2 Å². The zero-order valence-corrected chi connectivity index (χ0v) is 9.66. The molecule has 0 amide bonds. The summed E-state index contributed by atoms with van der Waals surface area (Å²) in [5, 5.41) is 0.596. The number of aryl methyl sites for hydroxylation is 1. The van der Waals surface area contributed by atoms with Crippen molar-refractivity contribution in [3.63, 3.8) is 0 Å². The van der Waals surface area contributed by atoms with Gasteiger partial charge in [0.05, 0.1) is 17.9 Å². The molecule has 17 heavy (non-hydrogen) atoms. The summed E-state index contributed by atoms with van der Waals surface area (Å²) in [4.78, 5) is 15.7. The van der Waals surface area contributed by atoms with E-state index in [2.05, 4.69) is 4.98 Å². The van der Waals surface area contributed by atoms with Crippen molar-refractivity contribution in [2.75, 3.05) is 6.61 Å². The number of aromatic nitrogens is 1. The van der Waals surface area contributed by atoms with Gasteiger partial charge in [-0.05, 0) is 26.0 Å². The van der Waals surface area contributed by atoms with Gasteiger partial charge in [-0.1, -0.05) is 12.1 Å². The summed E-state index contributed by atoms with van der Waals surface area (Å²) in [5.74, 6) is -0.815. The molecule has 2 aromatic rings. The molecule has 0 saturated heterocycles. The molecule has 0 unspecified atom stereocenters. The quantitative estimate of drug-likeness (QED) is 0.749. The Kier molecular flexibility index (Phi) is 3.04. The molecule has 0 aliphatic carbocycles. The van der Waals surface area contributed by atoms with Crippen LogP contribution in [0.5, 0.6) is 0 Å². The molecule has 0 atom stereocenters. The van der Waals surface area contributed by atoms with Gasteiger partial charge in [-0.3, -0.25) is 0 Å². The maximum absolute atomic E-state index is 13.5. The number of hydrogen-bond acceptors (Lipinski definition) is 3. The minimum Gasteiger partial charge on any atom is -0.462 e. The summed E-state index contributed by atoms with van der Waals surface area (Å²) >= 11 is 0. The molecule has 0 N–H and O–H groups in total. The Hall–Kier alpha value is -1.97. The summed E-state index contributed by atoms with van der Waals surface area (Å²) in [7, 11) is 0. The number of benzene rings is 1. The van der Waals surface area contributed by atoms with E-state index < -0.39 is 5.97 Å². The molecule has 88 valence electrons. The Morgan fingerprint density at radius 3 is 2.94 bits per heavy atom. The SMILES string of the molecule is CCOC(=O)c1cc2cccc(F)c2nc1C. The zero-order valence-electron chi connectivity index (χ0n) is 9.66. The van der Waals surface area contributed by atoms with Crippen molar-refractivity contribution in [3.8, 4) is 0 Å². The number of nitrogens with zero attached hydrogens (tertiary/aromatic N) is 1. The fourth-order valence-electron chi connectivity index (χ4n) is 1.67. The smallest absolute Gasteiger partial charge is 0.339 e. The predicted octanol–water partition coefficient (Wildman–Crippen LogP) is 2.86. The highest BCUT2D eigenvalue weighted by atomic mass is 19.1. The van der Waals surface area contributed by atoms with Gasteiger partial charge < -0.3 is 4.74 Å². The van der Waals surface area contributed by atoms with E-state index in [1.165, 1.54) is 6.07 Å². The average Bonchev–Trinajstić information content (AvgIpc) is 2.30. The first-order chi connectivity index (χ1) is 8.13. The third-order valence-corrected chi connectivity index (χ3v) is 2.48. The van der Waals surface area contributed by atoms with Crippen molar-refractivity contribution < 1.29 is 13.9 Å². The number of carbonyl (C=O) groups is 1. The Bertz CT molecular complexity index is 581. The van der Waals surface area contributed by atoms with Crippen LogP contribution in [0.1, 0.15) is 23.0 Å². The fourth-order valence-corrected chi connectivity index (χ4v) is 1.67. The lowest BCUT2D eigenvalue weighted by Gasteiger charge is -2.07. The number of rotatable bonds is 2. The summed E-state index contributed by atoms with van der Waals surface area (Å²) in [6.07, 6.45) is 0. The Balaban J connectivity index is 2.60. The highest BCUT2D eigenvalue weighted by Gasteiger charge is 2.13. The summed E-state index contributed by atoms with van der Waals surface area (Å²) in [6.45, 7) is 3.71.